The van der Waals surface area contributed by atoms with Crippen LogP contribution in [0.2, 0.25) is 0 Å². The maximum absolute atomic E-state index is 12.6. The Morgan fingerprint density at radius 1 is 1.09 bits per heavy atom. The Morgan fingerprint density at radius 3 is 2.44 bits per heavy atom. The fourth-order valence-electron chi connectivity index (χ4n) is 6.40. The van der Waals surface area contributed by atoms with E-state index in [1.165, 1.54) is 5.56 Å². The molecule has 0 saturated carbocycles. The van der Waals surface area contributed by atoms with Crippen LogP contribution in [0.5, 0.6) is 5.75 Å². The number of hydrogen-bond donors (Lipinski definition) is 1. The van der Waals surface area contributed by atoms with Crippen molar-refractivity contribution in [1.29, 1.82) is 0 Å². The van der Waals surface area contributed by atoms with Gasteiger partial charge in [-0.15, -0.1) is 0 Å². The molecule has 2 fully saturated rings. The molecule has 0 bridgehead atoms. The van der Waals surface area contributed by atoms with Crippen LogP contribution in [-0.2, 0) is 26.9 Å². The molecule has 0 unspecified atom stereocenters. The molecule has 2 heterocycles. The molecule has 1 N–H and O–H groups in total. The van der Waals surface area contributed by atoms with Gasteiger partial charge in [-0.2, -0.15) is 0 Å². The Balaban J connectivity index is 1.48. The first-order valence-corrected chi connectivity index (χ1v) is 15.8. The fourth-order valence-corrected chi connectivity index (χ4v) is 6.40. The van der Waals surface area contributed by atoms with E-state index in [1.54, 1.807) is 13.8 Å². The van der Waals surface area contributed by atoms with E-state index in [2.05, 4.69) is 62.9 Å². The maximum atomic E-state index is 12.6. The number of hydrogen-bond acceptors (Lipinski definition) is 5. The zero-order valence-corrected chi connectivity index (χ0v) is 26.7. The second-order valence-electron chi connectivity index (χ2n) is 14.1. The van der Waals surface area contributed by atoms with Gasteiger partial charge in [-0.1, -0.05) is 30.3 Å². The molecule has 2 saturated heterocycles. The minimum Gasteiger partial charge on any atom is -0.489 e. The first-order valence-electron chi connectivity index (χ1n) is 15.8. The third kappa shape index (κ3) is 6.87. The van der Waals surface area contributed by atoms with Gasteiger partial charge in [-0.05, 0) is 125 Å². The number of carboxylic acid groups (broad SMARTS) is 1. The quantitative estimate of drug-likeness (QED) is 0.303. The van der Waals surface area contributed by atoms with Crippen molar-refractivity contribution in [3.05, 3.63) is 70.2 Å². The van der Waals surface area contributed by atoms with Crippen molar-refractivity contribution in [3.63, 3.8) is 0 Å². The highest BCUT2D eigenvalue weighted by Crippen LogP contribution is 2.44. The molecule has 5 rings (SSSR count). The summed E-state index contributed by atoms with van der Waals surface area (Å²) in [4.78, 5) is 14.1. The smallest absolute Gasteiger partial charge is 0.489 e. The highest BCUT2D eigenvalue weighted by Gasteiger charge is 2.53. The van der Waals surface area contributed by atoms with Gasteiger partial charge in [0, 0.05) is 19.6 Å². The van der Waals surface area contributed by atoms with Crippen molar-refractivity contribution in [2.75, 3.05) is 26.3 Å². The summed E-state index contributed by atoms with van der Waals surface area (Å²) in [7, 11) is -0.457. The van der Waals surface area contributed by atoms with Gasteiger partial charge < -0.3 is 19.2 Å². The Kier molecular flexibility index (Phi) is 9.13. The number of carbonyl (C=O) groups is 1. The lowest BCUT2D eigenvalue weighted by molar-refractivity contribution is -0.146. The molecular weight excluding hydrogens is 544 g/mol. The largest absolute Gasteiger partial charge is 0.491 e. The summed E-state index contributed by atoms with van der Waals surface area (Å²) in [5.41, 5.74) is 5.00. The normalized spacial score (nSPS) is 22.0. The molecule has 2 aromatic carbocycles. The Labute approximate surface area is 256 Å². The molecule has 1 aliphatic carbocycles. The van der Waals surface area contributed by atoms with Crippen LogP contribution in [0.25, 0.3) is 5.57 Å². The van der Waals surface area contributed by atoms with Crippen LogP contribution in [0.3, 0.4) is 0 Å². The van der Waals surface area contributed by atoms with Crippen LogP contribution < -0.4 is 4.74 Å². The van der Waals surface area contributed by atoms with Gasteiger partial charge in [-0.25, -0.2) is 0 Å². The summed E-state index contributed by atoms with van der Waals surface area (Å²) in [6.45, 7) is 14.2. The maximum Gasteiger partial charge on any atom is 0.491 e. The fraction of sp³-hybridized carbons (Fsp3) is 0.571. The lowest BCUT2D eigenvalue weighted by Gasteiger charge is -2.32. The second-order valence-corrected chi connectivity index (χ2v) is 14.1. The number of benzene rings is 2. The molecule has 8 heteroatoms. The van der Waals surface area contributed by atoms with Gasteiger partial charge in [0.25, 0.3) is 0 Å². The lowest BCUT2D eigenvalue weighted by atomic mass is 9.70. The van der Waals surface area contributed by atoms with E-state index >= 15 is 0 Å². The number of alkyl halides is 1. The lowest BCUT2D eigenvalue weighted by Crippen LogP contribution is -2.41. The SMILES string of the molecule is CC(C)(Cc1ccc2c(c1)CCCC(B1OC(C)(C)C(C)(C)O1)=C2c1ccc(O[C@H]2CCN(CCCF)C2)cc1)C(=O)O. The van der Waals surface area contributed by atoms with Crippen LogP contribution in [0.15, 0.2) is 47.9 Å². The van der Waals surface area contributed by atoms with E-state index in [0.29, 0.717) is 12.8 Å². The van der Waals surface area contributed by atoms with E-state index in [-0.39, 0.29) is 12.8 Å². The predicted octanol–water partition coefficient (Wildman–Crippen LogP) is 6.92. The average molecular weight is 592 g/mol. The number of nitrogens with zero attached hydrogens (tertiary/aromatic N) is 1. The van der Waals surface area contributed by atoms with Gasteiger partial charge in [0.15, 0.2) is 0 Å². The molecule has 0 radical (unpaired) electrons. The molecular formula is C35H47BFNO5. The molecule has 2 aromatic rings. The Bertz CT molecular complexity index is 1340. The van der Waals surface area contributed by atoms with E-state index in [0.717, 1.165) is 78.8 Å². The highest BCUT2D eigenvalue weighted by atomic mass is 19.1. The minimum absolute atomic E-state index is 0.108. The van der Waals surface area contributed by atoms with Crippen LogP contribution in [0.4, 0.5) is 4.39 Å². The monoisotopic (exact) mass is 591 g/mol. The molecule has 3 aliphatic rings. The van der Waals surface area contributed by atoms with Gasteiger partial charge >= 0.3 is 13.1 Å². The third-order valence-electron chi connectivity index (χ3n) is 9.70. The number of ether oxygens (including phenoxy) is 1. The standard InChI is InChI=1S/C35H47BFNO5/c1-33(2,32(39)40)22-24-11-16-29-26(21-24)9-7-10-30(36-42-34(3,4)35(5,6)43-36)31(29)25-12-14-27(15-13-25)41-28-17-20-38(23-28)19-8-18-37/h11-16,21,28H,7-10,17-20,22-23H2,1-6H3,(H,39,40)/t28-/m0/s1. The zero-order chi connectivity index (χ0) is 31.0. The Hall–Kier alpha value is -2.68. The summed E-state index contributed by atoms with van der Waals surface area (Å²) < 4.78 is 32.1. The number of likely N-dealkylation sites (tertiary alicyclic amines) is 1. The number of allylic oxidation sites excluding steroid dienone is 1. The summed E-state index contributed by atoms with van der Waals surface area (Å²) in [5.74, 6) is 0.0393. The number of carboxylic acids is 1. The highest BCUT2D eigenvalue weighted by molar-refractivity contribution is 6.56. The van der Waals surface area contributed by atoms with E-state index in [1.807, 2.05) is 12.1 Å². The summed E-state index contributed by atoms with van der Waals surface area (Å²) in [5, 5.41) is 9.72. The molecule has 43 heavy (non-hydrogen) atoms. The summed E-state index contributed by atoms with van der Waals surface area (Å²) in [6, 6.07) is 14.8. The van der Waals surface area contributed by atoms with Crippen LogP contribution in [0, 0.1) is 5.41 Å². The predicted molar refractivity (Wildman–Crippen MR) is 169 cm³/mol. The summed E-state index contributed by atoms with van der Waals surface area (Å²) in [6.07, 6.45) is 4.77. The number of fused-ring (bicyclic) bond motifs is 1. The van der Waals surface area contributed by atoms with Crippen molar-refractivity contribution in [1.82, 2.24) is 4.90 Å². The molecule has 0 amide bonds. The molecule has 232 valence electrons. The molecule has 2 aliphatic heterocycles. The van der Waals surface area contributed by atoms with Crippen LogP contribution in [-0.4, -0.2) is 66.7 Å². The van der Waals surface area contributed by atoms with Crippen molar-refractivity contribution >= 4 is 18.7 Å². The van der Waals surface area contributed by atoms with Crippen molar-refractivity contribution < 1.29 is 28.3 Å². The first-order chi connectivity index (χ1) is 20.3. The minimum atomic E-state index is -0.842. The number of aliphatic carboxylic acids is 1. The topological polar surface area (TPSA) is 68.2 Å². The van der Waals surface area contributed by atoms with Gasteiger partial charge in [0.1, 0.15) is 11.9 Å². The van der Waals surface area contributed by atoms with Crippen molar-refractivity contribution in [2.45, 2.75) is 97.4 Å². The first kappa shape index (κ1) is 31.7. The van der Waals surface area contributed by atoms with Crippen molar-refractivity contribution in [2.24, 2.45) is 5.41 Å². The third-order valence-corrected chi connectivity index (χ3v) is 9.70. The molecule has 1 atom stereocenters. The molecule has 6 nitrogen and oxygen atoms in total. The van der Waals surface area contributed by atoms with Crippen molar-refractivity contribution in [3.8, 4) is 5.75 Å². The van der Waals surface area contributed by atoms with Gasteiger partial charge in [-0.3, -0.25) is 14.1 Å². The molecule has 0 aromatic heterocycles. The van der Waals surface area contributed by atoms with Crippen LogP contribution in [0.1, 0.15) is 89.5 Å². The molecule has 0 spiro atoms. The Morgan fingerprint density at radius 2 is 1.79 bits per heavy atom. The van der Waals surface area contributed by atoms with E-state index in [4.69, 9.17) is 14.0 Å². The summed E-state index contributed by atoms with van der Waals surface area (Å²) >= 11 is 0. The van der Waals surface area contributed by atoms with E-state index < -0.39 is 29.7 Å². The van der Waals surface area contributed by atoms with Gasteiger partial charge in [0.05, 0.1) is 23.3 Å². The average Bonchev–Trinajstić information content (AvgIpc) is 3.40. The zero-order valence-electron chi connectivity index (χ0n) is 26.7. The van der Waals surface area contributed by atoms with E-state index in [9.17, 15) is 14.3 Å². The second kappa shape index (κ2) is 12.4. The number of aryl methyl sites for hydroxylation is 1. The van der Waals surface area contributed by atoms with Crippen LogP contribution >= 0.6 is 0 Å². The van der Waals surface area contributed by atoms with Gasteiger partial charge in [0.2, 0.25) is 0 Å². The number of halogens is 1. The number of rotatable bonds is 10.